The smallest absolute Gasteiger partial charge is 0.230 e. The van der Waals surface area contributed by atoms with Gasteiger partial charge in [-0.1, -0.05) is 12.1 Å². The van der Waals surface area contributed by atoms with Crippen LogP contribution in [-0.4, -0.2) is 49.4 Å². The molecule has 1 atom stereocenters. The van der Waals surface area contributed by atoms with Crippen LogP contribution in [0.1, 0.15) is 18.4 Å². The molecule has 3 rings (SSSR count). The van der Waals surface area contributed by atoms with E-state index in [0.717, 1.165) is 5.56 Å². The molecule has 0 bridgehead atoms. The molecular weight excluding hydrogens is 307 g/mol. The van der Waals surface area contributed by atoms with Gasteiger partial charge in [-0.05, 0) is 30.5 Å². The van der Waals surface area contributed by atoms with E-state index in [0.29, 0.717) is 32.5 Å². The SMILES string of the molecule is CS(=O)(=O)N1CC[C@]2(CCN(Cc3cccc(F)c3)C2=O)C1. The van der Waals surface area contributed by atoms with Gasteiger partial charge in [0.15, 0.2) is 0 Å². The molecule has 0 radical (unpaired) electrons. The van der Waals surface area contributed by atoms with Gasteiger partial charge in [0.05, 0.1) is 11.7 Å². The molecule has 1 amide bonds. The molecule has 5 nitrogen and oxygen atoms in total. The van der Waals surface area contributed by atoms with Gasteiger partial charge in [-0.25, -0.2) is 17.1 Å². The zero-order valence-corrected chi connectivity index (χ0v) is 13.3. The van der Waals surface area contributed by atoms with Crippen molar-refractivity contribution in [1.29, 1.82) is 0 Å². The van der Waals surface area contributed by atoms with Gasteiger partial charge in [0.2, 0.25) is 15.9 Å². The van der Waals surface area contributed by atoms with Crippen molar-refractivity contribution in [3.63, 3.8) is 0 Å². The maximum atomic E-state index is 13.2. The number of hydrogen-bond acceptors (Lipinski definition) is 3. The summed E-state index contributed by atoms with van der Waals surface area (Å²) < 4.78 is 37.9. The monoisotopic (exact) mass is 326 g/mol. The number of benzene rings is 1. The molecule has 1 aromatic rings. The molecule has 0 aromatic heterocycles. The van der Waals surface area contributed by atoms with Gasteiger partial charge in [0.1, 0.15) is 5.82 Å². The first-order valence-corrected chi connectivity index (χ1v) is 9.14. The number of sulfonamides is 1. The van der Waals surface area contributed by atoms with Crippen molar-refractivity contribution >= 4 is 15.9 Å². The highest BCUT2D eigenvalue weighted by Gasteiger charge is 2.52. The Labute approximate surface area is 129 Å². The molecule has 0 N–H and O–H groups in total. The lowest BCUT2D eigenvalue weighted by Crippen LogP contribution is -2.37. The molecular formula is C15H19FN2O3S. The lowest BCUT2D eigenvalue weighted by molar-refractivity contribution is -0.135. The number of hydrogen-bond donors (Lipinski definition) is 0. The minimum absolute atomic E-state index is 0.0112. The number of carbonyl (C=O) groups excluding carboxylic acids is 1. The van der Waals surface area contributed by atoms with Crippen molar-refractivity contribution in [2.24, 2.45) is 5.41 Å². The lowest BCUT2D eigenvalue weighted by atomic mass is 9.86. The average Bonchev–Trinajstić information content (AvgIpc) is 2.99. The summed E-state index contributed by atoms with van der Waals surface area (Å²) in [5.74, 6) is -0.328. The van der Waals surface area contributed by atoms with Gasteiger partial charge in [0, 0.05) is 26.2 Å². The minimum atomic E-state index is -3.26. The maximum Gasteiger partial charge on any atom is 0.230 e. The van der Waals surface area contributed by atoms with Gasteiger partial charge in [0.25, 0.3) is 0 Å². The van der Waals surface area contributed by atoms with Crippen LogP contribution in [0.4, 0.5) is 4.39 Å². The van der Waals surface area contributed by atoms with Crippen LogP contribution in [0.2, 0.25) is 0 Å². The van der Waals surface area contributed by atoms with Gasteiger partial charge in [-0.2, -0.15) is 0 Å². The van der Waals surface area contributed by atoms with Gasteiger partial charge in [-0.15, -0.1) is 0 Å². The summed E-state index contributed by atoms with van der Waals surface area (Å²) in [5, 5.41) is 0. The summed E-state index contributed by atoms with van der Waals surface area (Å²) >= 11 is 0. The highest BCUT2D eigenvalue weighted by molar-refractivity contribution is 7.88. The normalized spacial score (nSPS) is 26.3. The third-order valence-corrected chi connectivity index (χ3v) is 5.90. The predicted octanol–water partition coefficient (Wildman–Crippen LogP) is 1.21. The second-order valence-electron chi connectivity index (χ2n) is 6.23. The van der Waals surface area contributed by atoms with E-state index in [-0.39, 0.29) is 18.3 Å². The summed E-state index contributed by atoms with van der Waals surface area (Å²) in [6, 6.07) is 6.22. The largest absolute Gasteiger partial charge is 0.338 e. The molecule has 1 aromatic carbocycles. The highest BCUT2D eigenvalue weighted by Crippen LogP contribution is 2.41. The van der Waals surface area contributed by atoms with Crippen molar-refractivity contribution in [1.82, 2.24) is 9.21 Å². The Morgan fingerprint density at radius 3 is 2.64 bits per heavy atom. The Balaban J connectivity index is 1.73. The molecule has 2 saturated heterocycles. The lowest BCUT2D eigenvalue weighted by Gasteiger charge is -2.23. The van der Waals surface area contributed by atoms with Crippen molar-refractivity contribution < 1.29 is 17.6 Å². The summed E-state index contributed by atoms with van der Waals surface area (Å²) in [5.41, 5.74) is 0.166. The van der Waals surface area contributed by atoms with Crippen molar-refractivity contribution in [2.45, 2.75) is 19.4 Å². The van der Waals surface area contributed by atoms with Gasteiger partial charge >= 0.3 is 0 Å². The van der Waals surface area contributed by atoms with E-state index in [1.807, 2.05) is 0 Å². The van der Waals surface area contributed by atoms with Gasteiger partial charge in [-0.3, -0.25) is 4.79 Å². The van der Waals surface area contributed by atoms with E-state index in [4.69, 9.17) is 0 Å². The van der Waals surface area contributed by atoms with E-state index in [1.165, 1.54) is 22.7 Å². The number of likely N-dealkylation sites (tertiary alicyclic amines) is 1. The minimum Gasteiger partial charge on any atom is -0.338 e. The number of rotatable bonds is 3. The number of carbonyl (C=O) groups is 1. The Morgan fingerprint density at radius 1 is 1.27 bits per heavy atom. The van der Waals surface area contributed by atoms with E-state index >= 15 is 0 Å². The van der Waals surface area contributed by atoms with Crippen LogP contribution in [0.25, 0.3) is 0 Å². The van der Waals surface area contributed by atoms with E-state index < -0.39 is 15.4 Å². The molecule has 120 valence electrons. The third-order valence-electron chi connectivity index (χ3n) is 4.65. The predicted molar refractivity (Wildman–Crippen MR) is 79.9 cm³/mol. The number of amides is 1. The first kappa shape index (κ1) is 15.4. The third kappa shape index (κ3) is 2.75. The van der Waals surface area contributed by atoms with Crippen LogP contribution in [0.5, 0.6) is 0 Å². The van der Waals surface area contributed by atoms with Crippen LogP contribution in [0.3, 0.4) is 0 Å². The van der Waals surface area contributed by atoms with E-state index in [1.54, 1.807) is 17.0 Å². The number of halogens is 1. The average molecular weight is 326 g/mol. The molecule has 7 heteroatoms. The standard InChI is InChI=1S/C15H19FN2O3S/c1-22(20,21)18-8-6-15(11-18)5-7-17(14(15)19)10-12-3-2-4-13(16)9-12/h2-4,9H,5-8,10-11H2,1H3/t15-/m1/s1. The topological polar surface area (TPSA) is 57.7 Å². The summed E-state index contributed by atoms with van der Waals surface area (Å²) in [6.07, 6.45) is 2.40. The van der Waals surface area contributed by atoms with Crippen LogP contribution in [-0.2, 0) is 21.4 Å². The highest BCUT2D eigenvalue weighted by atomic mass is 32.2. The Kier molecular flexibility index (Phi) is 3.72. The van der Waals surface area contributed by atoms with Crippen LogP contribution >= 0.6 is 0 Å². The van der Waals surface area contributed by atoms with Gasteiger partial charge < -0.3 is 4.90 Å². The Bertz CT molecular complexity index is 706. The summed E-state index contributed by atoms with van der Waals surface area (Å²) in [7, 11) is -3.26. The van der Waals surface area contributed by atoms with Crippen molar-refractivity contribution in [2.75, 3.05) is 25.9 Å². The molecule has 2 aliphatic rings. The second kappa shape index (κ2) is 5.31. The summed E-state index contributed by atoms with van der Waals surface area (Å²) in [4.78, 5) is 14.4. The molecule has 1 spiro atoms. The molecule has 0 aliphatic carbocycles. The zero-order valence-electron chi connectivity index (χ0n) is 12.5. The quantitative estimate of drug-likeness (QED) is 0.839. The van der Waals surface area contributed by atoms with E-state index in [2.05, 4.69) is 0 Å². The molecule has 2 aliphatic heterocycles. The molecule has 2 fully saturated rings. The van der Waals surface area contributed by atoms with Crippen LogP contribution in [0, 0.1) is 11.2 Å². The van der Waals surface area contributed by atoms with Crippen molar-refractivity contribution in [3.8, 4) is 0 Å². The Morgan fingerprint density at radius 2 is 2.00 bits per heavy atom. The molecule has 2 heterocycles. The maximum absolute atomic E-state index is 13.2. The summed E-state index contributed by atoms with van der Waals surface area (Å²) in [6.45, 7) is 1.63. The number of nitrogens with zero attached hydrogens (tertiary/aromatic N) is 2. The van der Waals surface area contributed by atoms with Crippen LogP contribution in [0.15, 0.2) is 24.3 Å². The molecule has 22 heavy (non-hydrogen) atoms. The Hall–Kier alpha value is -1.47. The zero-order chi connectivity index (χ0) is 16.0. The fraction of sp³-hybridized carbons (Fsp3) is 0.533. The molecule has 0 saturated carbocycles. The second-order valence-corrected chi connectivity index (χ2v) is 8.22. The first-order chi connectivity index (χ1) is 10.3. The van der Waals surface area contributed by atoms with Crippen molar-refractivity contribution in [3.05, 3.63) is 35.6 Å². The fourth-order valence-corrected chi connectivity index (χ4v) is 4.30. The van der Waals surface area contributed by atoms with Crippen LogP contribution < -0.4 is 0 Å². The first-order valence-electron chi connectivity index (χ1n) is 7.29. The fourth-order valence-electron chi connectivity index (χ4n) is 3.40. The molecule has 0 unspecified atom stereocenters. The van der Waals surface area contributed by atoms with E-state index in [9.17, 15) is 17.6 Å².